The molecule has 0 radical (unpaired) electrons. The van der Waals surface area contributed by atoms with Gasteiger partial charge in [0.15, 0.2) is 0 Å². The van der Waals surface area contributed by atoms with Crippen LogP contribution in [0.3, 0.4) is 0 Å². The minimum absolute atomic E-state index is 0.184. The Hall–Kier alpha value is -1.46. The molecule has 2 aliphatic rings. The molecule has 0 aliphatic carbocycles. The first-order valence-electron chi connectivity index (χ1n) is 5.76. The molecule has 0 spiro atoms. The van der Waals surface area contributed by atoms with E-state index in [0.717, 1.165) is 5.56 Å². The van der Waals surface area contributed by atoms with Gasteiger partial charge in [0.2, 0.25) is 0 Å². The van der Waals surface area contributed by atoms with Crippen molar-refractivity contribution in [1.29, 1.82) is 0 Å². The molecule has 0 amide bonds. The lowest BCUT2D eigenvalue weighted by Crippen LogP contribution is -2.69. The van der Waals surface area contributed by atoms with E-state index < -0.39 is 16.8 Å². The van der Waals surface area contributed by atoms with Crippen LogP contribution in [0, 0.1) is 11.2 Å². The molecular formula is C13H13FO4. The second-order valence-corrected chi connectivity index (χ2v) is 4.96. The van der Waals surface area contributed by atoms with Crippen molar-refractivity contribution in [3.05, 3.63) is 35.6 Å². The summed E-state index contributed by atoms with van der Waals surface area (Å²) < 4.78 is 23.3. The van der Waals surface area contributed by atoms with E-state index in [9.17, 15) is 14.3 Å². The SMILES string of the molecule is O=C(O)C1(C2(c3ccc(F)cc3)COC2)COC1. The van der Waals surface area contributed by atoms with Gasteiger partial charge in [-0.2, -0.15) is 0 Å². The van der Waals surface area contributed by atoms with Gasteiger partial charge in [-0.25, -0.2) is 4.39 Å². The van der Waals surface area contributed by atoms with E-state index in [1.165, 1.54) is 12.1 Å². The molecule has 2 aliphatic heterocycles. The fourth-order valence-electron chi connectivity index (χ4n) is 2.71. The highest BCUT2D eigenvalue weighted by Crippen LogP contribution is 2.51. The maximum absolute atomic E-state index is 13.0. The molecular weight excluding hydrogens is 239 g/mol. The van der Waals surface area contributed by atoms with Gasteiger partial charge in [-0.05, 0) is 17.7 Å². The monoisotopic (exact) mass is 252 g/mol. The van der Waals surface area contributed by atoms with Gasteiger partial charge in [0.25, 0.3) is 0 Å². The second-order valence-electron chi connectivity index (χ2n) is 4.96. The maximum Gasteiger partial charge on any atom is 0.315 e. The van der Waals surface area contributed by atoms with E-state index >= 15 is 0 Å². The van der Waals surface area contributed by atoms with Crippen molar-refractivity contribution in [1.82, 2.24) is 0 Å². The molecule has 2 fully saturated rings. The molecule has 1 aromatic rings. The van der Waals surface area contributed by atoms with Gasteiger partial charge in [0.05, 0.1) is 31.8 Å². The van der Waals surface area contributed by atoms with Gasteiger partial charge in [0.1, 0.15) is 11.2 Å². The van der Waals surface area contributed by atoms with Crippen LogP contribution in [0.5, 0.6) is 0 Å². The standard InChI is InChI=1S/C13H13FO4/c14-10-3-1-9(2-4-10)12(5-17-6-12)13(11(15)16)7-18-8-13/h1-4H,5-8H2,(H,15,16). The first-order valence-corrected chi connectivity index (χ1v) is 5.76. The number of benzene rings is 1. The molecule has 0 aromatic heterocycles. The normalized spacial score (nSPS) is 23.8. The number of hydrogen-bond donors (Lipinski definition) is 1. The molecule has 96 valence electrons. The molecule has 1 aromatic carbocycles. The number of rotatable bonds is 3. The summed E-state index contributed by atoms with van der Waals surface area (Å²) in [6.07, 6.45) is 0. The van der Waals surface area contributed by atoms with Crippen molar-refractivity contribution in [3.63, 3.8) is 0 Å². The number of carboxylic acid groups (broad SMARTS) is 1. The lowest BCUT2D eigenvalue weighted by atomic mass is 9.57. The lowest BCUT2D eigenvalue weighted by molar-refractivity contribution is -0.236. The smallest absolute Gasteiger partial charge is 0.315 e. The highest BCUT2D eigenvalue weighted by Gasteiger charge is 2.65. The molecule has 18 heavy (non-hydrogen) atoms. The third-order valence-electron chi connectivity index (χ3n) is 4.12. The highest BCUT2D eigenvalue weighted by molar-refractivity contribution is 5.79. The van der Waals surface area contributed by atoms with E-state index in [0.29, 0.717) is 13.2 Å². The van der Waals surface area contributed by atoms with E-state index in [4.69, 9.17) is 9.47 Å². The Morgan fingerprint density at radius 3 is 2.00 bits per heavy atom. The Morgan fingerprint density at radius 2 is 1.67 bits per heavy atom. The third-order valence-corrected chi connectivity index (χ3v) is 4.12. The van der Waals surface area contributed by atoms with Crippen LogP contribution in [0.1, 0.15) is 5.56 Å². The van der Waals surface area contributed by atoms with E-state index in [1.54, 1.807) is 12.1 Å². The summed E-state index contributed by atoms with van der Waals surface area (Å²) in [5, 5.41) is 9.49. The van der Waals surface area contributed by atoms with Crippen LogP contribution in [0.2, 0.25) is 0 Å². The number of carboxylic acids is 1. The number of aliphatic carboxylic acids is 1. The zero-order valence-corrected chi connectivity index (χ0v) is 9.69. The summed E-state index contributed by atoms with van der Waals surface area (Å²) in [7, 11) is 0. The fraction of sp³-hybridized carbons (Fsp3) is 0.462. The predicted molar refractivity (Wildman–Crippen MR) is 59.8 cm³/mol. The third kappa shape index (κ3) is 1.29. The van der Waals surface area contributed by atoms with Crippen molar-refractivity contribution in [2.45, 2.75) is 5.41 Å². The van der Waals surface area contributed by atoms with E-state index in [2.05, 4.69) is 0 Å². The number of carbonyl (C=O) groups is 1. The Kier molecular flexibility index (Phi) is 2.43. The quantitative estimate of drug-likeness (QED) is 0.878. The van der Waals surface area contributed by atoms with Crippen LogP contribution < -0.4 is 0 Å². The molecule has 4 nitrogen and oxygen atoms in total. The van der Waals surface area contributed by atoms with Crippen molar-refractivity contribution in [3.8, 4) is 0 Å². The molecule has 5 heteroatoms. The Morgan fingerprint density at radius 1 is 1.11 bits per heavy atom. The summed E-state index contributed by atoms with van der Waals surface area (Å²) in [5.41, 5.74) is -0.728. The van der Waals surface area contributed by atoms with Crippen LogP contribution in [0.25, 0.3) is 0 Å². The maximum atomic E-state index is 13.0. The van der Waals surface area contributed by atoms with Crippen LogP contribution in [0.15, 0.2) is 24.3 Å². The van der Waals surface area contributed by atoms with Gasteiger partial charge in [-0.3, -0.25) is 4.79 Å². The molecule has 0 atom stereocenters. The fourth-order valence-corrected chi connectivity index (χ4v) is 2.71. The first-order chi connectivity index (χ1) is 8.61. The van der Waals surface area contributed by atoms with Crippen LogP contribution in [-0.4, -0.2) is 37.5 Å². The zero-order chi connectivity index (χ0) is 12.8. The Bertz CT molecular complexity index is 474. The molecule has 2 saturated heterocycles. The summed E-state index contributed by atoms with van der Waals surface area (Å²) in [5.74, 6) is -1.20. The molecule has 2 heterocycles. The number of hydrogen-bond acceptors (Lipinski definition) is 3. The first kappa shape index (κ1) is 11.6. The predicted octanol–water partition coefficient (Wildman–Crippen LogP) is 1.19. The van der Waals surface area contributed by atoms with Crippen molar-refractivity contribution < 1.29 is 23.8 Å². The summed E-state index contributed by atoms with van der Waals surface area (Å²) in [6.45, 7) is 1.05. The minimum atomic E-state index is -0.941. The van der Waals surface area contributed by atoms with Gasteiger partial charge in [-0.15, -0.1) is 0 Å². The second kappa shape index (κ2) is 3.76. The molecule has 0 bridgehead atoms. The van der Waals surface area contributed by atoms with Gasteiger partial charge in [-0.1, -0.05) is 12.1 Å². The van der Waals surface area contributed by atoms with Crippen LogP contribution in [0.4, 0.5) is 4.39 Å². The van der Waals surface area contributed by atoms with Crippen molar-refractivity contribution in [2.24, 2.45) is 5.41 Å². The minimum Gasteiger partial charge on any atom is -0.481 e. The summed E-state index contributed by atoms with van der Waals surface area (Å²) >= 11 is 0. The average Bonchev–Trinajstić information content (AvgIpc) is 2.21. The Balaban J connectivity index is 2.04. The summed E-state index contributed by atoms with van der Waals surface area (Å²) in [6, 6.07) is 5.98. The molecule has 0 unspecified atom stereocenters. The zero-order valence-electron chi connectivity index (χ0n) is 9.69. The Labute approximate surface area is 103 Å². The van der Waals surface area contributed by atoms with Gasteiger partial charge >= 0.3 is 5.97 Å². The van der Waals surface area contributed by atoms with Crippen LogP contribution in [-0.2, 0) is 19.7 Å². The number of ether oxygens (including phenoxy) is 2. The van der Waals surface area contributed by atoms with Gasteiger partial charge in [0, 0.05) is 0 Å². The van der Waals surface area contributed by atoms with Gasteiger partial charge < -0.3 is 14.6 Å². The lowest BCUT2D eigenvalue weighted by Gasteiger charge is -2.56. The van der Waals surface area contributed by atoms with Crippen LogP contribution >= 0.6 is 0 Å². The largest absolute Gasteiger partial charge is 0.481 e. The van der Waals surface area contributed by atoms with E-state index in [1.807, 2.05) is 0 Å². The highest BCUT2D eigenvalue weighted by atomic mass is 19.1. The topological polar surface area (TPSA) is 55.8 Å². The molecule has 1 N–H and O–H groups in total. The molecule has 0 saturated carbocycles. The van der Waals surface area contributed by atoms with E-state index in [-0.39, 0.29) is 19.0 Å². The van der Waals surface area contributed by atoms with Crippen molar-refractivity contribution >= 4 is 5.97 Å². The molecule has 3 rings (SSSR count). The average molecular weight is 252 g/mol. The summed E-state index contributed by atoms with van der Waals surface area (Å²) in [4.78, 5) is 11.6. The number of halogens is 1. The van der Waals surface area contributed by atoms with Crippen molar-refractivity contribution in [2.75, 3.05) is 26.4 Å².